The fourth-order valence-corrected chi connectivity index (χ4v) is 3.43. The molecule has 1 heterocycles. The molecule has 0 aliphatic heterocycles. The average Bonchev–Trinajstić information content (AvgIpc) is 2.85. The van der Waals surface area contributed by atoms with Crippen molar-refractivity contribution in [2.45, 2.75) is 26.8 Å². The topological polar surface area (TPSA) is 118 Å². The van der Waals surface area contributed by atoms with E-state index in [2.05, 4.69) is 10.2 Å². The minimum atomic E-state index is -0.538. The molecule has 9 nitrogen and oxygen atoms in total. The highest BCUT2D eigenvalue weighted by atomic mass is 16.5. The second-order valence-electron chi connectivity index (χ2n) is 7.31. The van der Waals surface area contributed by atoms with Crippen molar-refractivity contribution in [3.8, 4) is 29.2 Å². The largest absolute Gasteiger partial charge is 0.494 e. The maximum Gasteiger partial charge on any atom is 0.281 e. The summed E-state index contributed by atoms with van der Waals surface area (Å²) >= 11 is 0. The van der Waals surface area contributed by atoms with Gasteiger partial charge in [-0.1, -0.05) is 6.07 Å². The highest BCUT2D eigenvalue weighted by Gasteiger charge is 2.19. The zero-order valence-corrected chi connectivity index (χ0v) is 19.5. The third-order valence-electron chi connectivity index (χ3n) is 5.25. The van der Waals surface area contributed by atoms with E-state index in [1.807, 2.05) is 19.1 Å². The SMILES string of the molecule is CCOc1ccc(N=Nc2c(C)c(C#N)c(O)n(CCc3ccc(OC)c(OC)c3)c2=O)cc1. The smallest absolute Gasteiger partial charge is 0.281 e. The van der Waals surface area contributed by atoms with E-state index in [0.29, 0.717) is 36.0 Å². The first-order valence-electron chi connectivity index (χ1n) is 10.6. The Labute approximate surface area is 197 Å². The molecule has 0 unspecified atom stereocenters. The van der Waals surface area contributed by atoms with Crippen LogP contribution < -0.4 is 19.8 Å². The number of aromatic nitrogens is 1. The lowest BCUT2D eigenvalue weighted by molar-refractivity contribution is 0.340. The second-order valence-corrected chi connectivity index (χ2v) is 7.31. The van der Waals surface area contributed by atoms with E-state index in [1.165, 1.54) is 0 Å². The van der Waals surface area contributed by atoms with Gasteiger partial charge in [-0.3, -0.25) is 9.36 Å². The lowest BCUT2D eigenvalue weighted by Crippen LogP contribution is -2.23. The van der Waals surface area contributed by atoms with E-state index in [9.17, 15) is 15.2 Å². The first-order chi connectivity index (χ1) is 16.4. The molecule has 0 fully saturated rings. The molecule has 1 N–H and O–H groups in total. The van der Waals surface area contributed by atoms with Crippen LogP contribution in [0.25, 0.3) is 0 Å². The highest BCUT2D eigenvalue weighted by Crippen LogP contribution is 2.30. The molecular weight excluding hydrogens is 436 g/mol. The minimum absolute atomic E-state index is 0.00412. The predicted octanol–water partition coefficient (Wildman–Crippen LogP) is 4.81. The van der Waals surface area contributed by atoms with Gasteiger partial charge in [0.1, 0.15) is 17.4 Å². The van der Waals surface area contributed by atoms with E-state index >= 15 is 0 Å². The van der Waals surface area contributed by atoms with E-state index in [1.54, 1.807) is 57.5 Å². The van der Waals surface area contributed by atoms with Crippen molar-refractivity contribution in [1.82, 2.24) is 4.57 Å². The van der Waals surface area contributed by atoms with Crippen molar-refractivity contribution in [1.29, 1.82) is 5.26 Å². The highest BCUT2D eigenvalue weighted by molar-refractivity contribution is 5.57. The maximum absolute atomic E-state index is 13.2. The van der Waals surface area contributed by atoms with Crippen LogP contribution in [-0.2, 0) is 13.0 Å². The molecule has 0 radical (unpaired) electrons. The van der Waals surface area contributed by atoms with Gasteiger partial charge in [0.05, 0.1) is 26.5 Å². The second kappa shape index (κ2) is 11.0. The van der Waals surface area contributed by atoms with Crippen LogP contribution in [0.3, 0.4) is 0 Å². The fourth-order valence-electron chi connectivity index (χ4n) is 3.43. The summed E-state index contributed by atoms with van der Waals surface area (Å²) in [5.41, 5.74) is 1.08. The van der Waals surface area contributed by atoms with Crippen molar-refractivity contribution in [2.75, 3.05) is 20.8 Å². The zero-order chi connectivity index (χ0) is 24.7. The van der Waals surface area contributed by atoms with Gasteiger partial charge in [0.15, 0.2) is 17.2 Å². The lowest BCUT2D eigenvalue weighted by atomic mass is 10.1. The third kappa shape index (κ3) is 5.18. The summed E-state index contributed by atoms with van der Waals surface area (Å²) in [6.45, 7) is 4.13. The van der Waals surface area contributed by atoms with Gasteiger partial charge in [0.25, 0.3) is 5.56 Å². The lowest BCUT2D eigenvalue weighted by Gasteiger charge is -2.14. The van der Waals surface area contributed by atoms with E-state index in [4.69, 9.17) is 14.2 Å². The zero-order valence-electron chi connectivity index (χ0n) is 19.5. The van der Waals surface area contributed by atoms with E-state index in [0.717, 1.165) is 10.1 Å². The number of aryl methyl sites for hydroxylation is 1. The van der Waals surface area contributed by atoms with Crippen LogP contribution in [0.1, 0.15) is 23.6 Å². The minimum Gasteiger partial charge on any atom is -0.494 e. The van der Waals surface area contributed by atoms with Gasteiger partial charge < -0.3 is 19.3 Å². The molecule has 0 atom stereocenters. The first-order valence-corrected chi connectivity index (χ1v) is 10.6. The Balaban J connectivity index is 1.94. The number of methoxy groups -OCH3 is 2. The third-order valence-corrected chi connectivity index (χ3v) is 5.25. The molecule has 0 amide bonds. The fraction of sp³-hybridized carbons (Fsp3) is 0.280. The van der Waals surface area contributed by atoms with Gasteiger partial charge >= 0.3 is 0 Å². The predicted molar refractivity (Wildman–Crippen MR) is 127 cm³/mol. The van der Waals surface area contributed by atoms with E-state index in [-0.39, 0.29) is 23.4 Å². The summed E-state index contributed by atoms with van der Waals surface area (Å²) in [4.78, 5) is 13.2. The summed E-state index contributed by atoms with van der Waals surface area (Å²) in [5, 5.41) is 28.4. The average molecular weight is 463 g/mol. The Morgan fingerprint density at radius 1 is 1.06 bits per heavy atom. The molecule has 2 aromatic carbocycles. The van der Waals surface area contributed by atoms with Crippen molar-refractivity contribution >= 4 is 11.4 Å². The van der Waals surface area contributed by atoms with E-state index < -0.39 is 11.4 Å². The van der Waals surface area contributed by atoms with Crippen molar-refractivity contribution in [3.63, 3.8) is 0 Å². The number of nitriles is 1. The summed E-state index contributed by atoms with van der Waals surface area (Å²) in [6.07, 6.45) is 0.400. The molecule has 34 heavy (non-hydrogen) atoms. The Morgan fingerprint density at radius 2 is 1.76 bits per heavy atom. The molecule has 0 saturated carbocycles. The summed E-state index contributed by atoms with van der Waals surface area (Å²) in [6, 6.07) is 14.3. The number of pyridine rings is 1. The summed E-state index contributed by atoms with van der Waals surface area (Å²) in [7, 11) is 3.09. The molecule has 3 aromatic rings. The molecule has 3 rings (SSSR count). The Bertz CT molecular complexity index is 1290. The number of benzene rings is 2. The van der Waals surface area contributed by atoms with Crippen molar-refractivity contribution in [2.24, 2.45) is 10.2 Å². The van der Waals surface area contributed by atoms with Crippen molar-refractivity contribution in [3.05, 3.63) is 69.5 Å². The van der Waals surface area contributed by atoms with Crippen LogP contribution in [0, 0.1) is 18.3 Å². The quantitative estimate of drug-likeness (QED) is 0.456. The van der Waals surface area contributed by atoms with Gasteiger partial charge in [-0.25, -0.2) is 0 Å². The van der Waals surface area contributed by atoms with Gasteiger partial charge in [0.2, 0.25) is 5.88 Å². The standard InChI is InChI=1S/C25H26N4O5/c1-5-34-19-9-7-18(8-10-19)27-28-23-16(2)20(15-26)24(30)29(25(23)31)13-12-17-6-11-21(32-3)22(14-17)33-4/h6-11,14,30H,5,12-13H2,1-4H3. The first kappa shape index (κ1) is 24.3. The molecule has 176 valence electrons. The van der Waals surface area contributed by atoms with Crippen LogP contribution >= 0.6 is 0 Å². The van der Waals surface area contributed by atoms with Crippen LogP contribution in [-0.4, -0.2) is 30.5 Å². The molecule has 0 spiro atoms. The molecule has 9 heteroatoms. The monoisotopic (exact) mass is 462 g/mol. The Morgan fingerprint density at radius 3 is 2.38 bits per heavy atom. The molecule has 0 bridgehead atoms. The molecule has 0 aliphatic carbocycles. The van der Waals surface area contributed by atoms with Crippen LogP contribution in [0.5, 0.6) is 23.1 Å². The number of hydrogen-bond donors (Lipinski definition) is 1. The van der Waals surface area contributed by atoms with Crippen LogP contribution in [0.2, 0.25) is 0 Å². The summed E-state index contributed by atoms with van der Waals surface area (Å²) in [5.74, 6) is 1.45. The molecule has 0 saturated heterocycles. The van der Waals surface area contributed by atoms with Gasteiger partial charge in [-0.05, 0) is 62.2 Å². The van der Waals surface area contributed by atoms with Gasteiger partial charge in [-0.15, -0.1) is 5.11 Å². The number of nitrogens with zero attached hydrogens (tertiary/aromatic N) is 4. The number of aromatic hydroxyl groups is 1. The van der Waals surface area contributed by atoms with Gasteiger partial charge in [0, 0.05) is 12.1 Å². The number of ether oxygens (including phenoxy) is 3. The number of rotatable bonds is 9. The maximum atomic E-state index is 13.2. The normalized spacial score (nSPS) is 10.8. The molecule has 0 aliphatic rings. The molecular formula is C25H26N4O5. The number of hydrogen-bond acceptors (Lipinski definition) is 8. The summed E-state index contributed by atoms with van der Waals surface area (Å²) < 4.78 is 17.1. The van der Waals surface area contributed by atoms with Crippen LogP contribution in [0.4, 0.5) is 11.4 Å². The molecule has 1 aromatic heterocycles. The van der Waals surface area contributed by atoms with Crippen molar-refractivity contribution < 1.29 is 19.3 Å². The van der Waals surface area contributed by atoms with Crippen LogP contribution in [0.15, 0.2) is 57.5 Å². The van der Waals surface area contributed by atoms with Gasteiger partial charge in [-0.2, -0.15) is 10.4 Å². The Hall–Kier alpha value is -4.32. The Kier molecular flexibility index (Phi) is 7.88. The number of azo groups is 1.